The van der Waals surface area contributed by atoms with Gasteiger partial charge < -0.3 is 11.1 Å². The van der Waals surface area contributed by atoms with E-state index < -0.39 is 0 Å². The molecule has 7 heteroatoms. The van der Waals surface area contributed by atoms with Crippen molar-refractivity contribution in [2.75, 3.05) is 11.1 Å². The summed E-state index contributed by atoms with van der Waals surface area (Å²) in [5.41, 5.74) is 10.4. The van der Waals surface area contributed by atoms with E-state index in [9.17, 15) is 0 Å². The Hall–Kier alpha value is -3.48. The molecule has 0 unspecified atom stereocenters. The molecule has 2 aromatic carbocycles. The normalized spacial score (nSPS) is 10.9. The summed E-state index contributed by atoms with van der Waals surface area (Å²) in [5, 5.41) is 11.5. The minimum atomic E-state index is 0.411. The van der Waals surface area contributed by atoms with Gasteiger partial charge in [0.2, 0.25) is 0 Å². The summed E-state index contributed by atoms with van der Waals surface area (Å²) in [6.07, 6.45) is 1.46. The molecule has 7 nitrogen and oxygen atoms in total. The van der Waals surface area contributed by atoms with Gasteiger partial charge in [0.05, 0.1) is 5.52 Å². The fraction of sp³-hybridized carbons (Fsp3) is 0.0588. The molecule has 0 atom stereocenters. The molecule has 0 aliphatic carbocycles. The number of benzene rings is 2. The van der Waals surface area contributed by atoms with Crippen molar-refractivity contribution in [3.63, 3.8) is 0 Å². The summed E-state index contributed by atoms with van der Waals surface area (Å²) in [4.78, 5) is 8.51. The van der Waals surface area contributed by atoms with Crippen LogP contribution in [-0.4, -0.2) is 25.0 Å². The molecule has 0 radical (unpaired) electrons. The van der Waals surface area contributed by atoms with E-state index in [2.05, 4.69) is 25.6 Å². The number of nitrogens with zero attached hydrogens (tertiary/aromatic N) is 5. The molecule has 2 heterocycles. The molecule has 2 aromatic heterocycles. The zero-order valence-electron chi connectivity index (χ0n) is 13.0. The molecule has 4 rings (SSSR count). The lowest BCUT2D eigenvalue weighted by Crippen LogP contribution is -2.08. The molecule has 0 fully saturated rings. The number of hydrogen-bond acceptors (Lipinski definition) is 6. The number of fused-ring (bicyclic) bond motifs is 1. The average molecular weight is 317 g/mol. The molecule has 0 bridgehead atoms. The van der Waals surface area contributed by atoms with E-state index in [0.717, 1.165) is 16.7 Å². The SMILES string of the molecule is Cc1ccc(Nc2ncnc(-n3nnc4ccccc43)c2N)cc1. The van der Waals surface area contributed by atoms with Gasteiger partial charge in [0.15, 0.2) is 11.6 Å². The van der Waals surface area contributed by atoms with E-state index in [0.29, 0.717) is 17.3 Å². The molecule has 0 saturated heterocycles. The maximum Gasteiger partial charge on any atom is 0.184 e. The quantitative estimate of drug-likeness (QED) is 0.603. The van der Waals surface area contributed by atoms with E-state index in [1.807, 2.05) is 55.5 Å². The summed E-state index contributed by atoms with van der Waals surface area (Å²) < 4.78 is 1.62. The number of aryl methyl sites for hydroxylation is 1. The minimum absolute atomic E-state index is 0.411. The average Bonchev–Trinajstić information content (AvgIpc) is 3.03. The molecule has 0 amide bonds. The van der Waals surface area contributed by atoms with Gasteiger partial charge in [0.25, 0.3) is 0 Å². The minimum Gasteiger partial charge on any atom is -0.393 e. The summed E-state index contributed by atoms with van der Waals surface area (Å²) in [5.74, 6) is 1.02. The maximum absolute atomic E-state index is 6.27. The van der Waals surface area contributed by atoms with Crippen LogP contribution in [0.1, 0.15) is 5.56 Å². The molecule has 3 N–H and O–H groups in total. The van der Waals surface area contributed by atoms with Crippen molar-refractivity contribution < 1.29 is 0 Å². The zero-order valence-corrected chi connectivity index (χ0v) is 13.0. The van der Waals surface area contributed by atoms with Gasteiger partial charge in [0.1, 0.15) is 17.5 Å². The van der Waals surface area contributed by atoms with Crippen LogP contribution in [-0.2, 0) is 0 Å². The van der Waals surface area contributed by atoms with E-state index >= 15 is 0 Å². The van der Waals surface area contributed by atoms with Crippen molar-refractivity contribution in [1.82, 2.24) is 25.0 Å². The predicted octanol–water partition coefficient (Wildman–Crippen LogP) is 2.84. The fourth-order valence-corrected chi connectivity index (χ4v) is 2.45. The van der Waals surface area contributed by atoms with Gasteiger partial charge in [-0.2, -0.15) is 4.68 Å². The lowest BCUT2D eigenvalue weighted by atomic mass is 10.2. The van der Waals surface area contributed by atoms with Crippen LogP contribution in [0.25, 0.3) is 16.9 Å². The van der Waals surface area contributed by atoms with Crippen LogP contribution in [0.15, 0.2) is 54.9 Å². The summed E-state index contributed by atoms with van der Waals surface area (Å²) in [6, 6.07) is 15.6. The Morgan fingerprint density at radius 1 is 1.00 bits per heavy atom. The highest BCUT2D eigenvalue weighted by Crippen LogP contribution is 2.26. The fourth-order valence-electron chi connectivity index (χ4n) is 2.45. The number of hydrogen-bond donors (Lipinski definition) is 2. The van der Waals surface area contributed by atoms with Crippen molar-refractivity contribution in [3.05, 3.63) is 60.4 Å². The van der Waals surface area contributed by atoms with Crippen LogP contribution < -0.4 is 11.1 Å². The molecule has 4 aromatic rings. The third kappa shape index (κ3) is 2.41. The number of aromatic nitrogens is 5. The topological polar surface area (TPSA) is 94.5 Å². The number of nitrogen functional groups attached to an aromatic ring is 1. The van der Waals surface area contributed by atoms with Crippen molar-refractivity contribution in [2.24, 2.45) is 0 Å². The third-order valence-electron chi connectivity index (χ3n) is 3.73. The van der Waals surface area contributed by atoms with E-state index in [-0.39, 0.29) is 0 Å². The number of anilines is 3. The molecular formula is C17H15N7. The highest BCUT2D eigenvalue weighted by atomic mass is 15.4. The van der Waals surface area contributed by atoms with Crippen LogP contribution in [0, 0.1) is 6.92 Å². The Labute approximate surface area is 138 Å². The number of nitrogens with one attached hydrogen (secondary N) is 1. The lowest BCUT2D eigenvalue weighted by Gasteiger charge is -2.11. The van der Waals surface area contributed by atoms with Gasteiger partial charge in [0, 0.05) is 5.69 Å². The molecule has 0 spiro atoms. The largest absolute Gasteiger partial charge is 0.393 e. The van der Waals surface area contributed by atoms with Crippen LogP contribution >= 0.6 is 0 Å². The smallest absolute Gasteiger partial charge is 0.184 e. The monoisotopic (exact) mass is 317 g/mol. The highest BCUT2D eigenvalue weighted by Gasteiger charge is 2.14. The van der Waals surface area contributed by atoms with Crippen LogP contribution in [0.2, 0.25) is 0 Å². The van der Waals surface area contributed by atoms with Crippen molar-refractivity contribution in [3.8, 4) is 5.82 Å². The second-order valence-corrected chi connectivity index (χ2v) is 5.44. The first-order chi connectivity index (χ1) is 11.7. The Morgan fingerprint density at radius 3 is 2.62 bits per heavy atom. The number of rotatable bonds is 3. The molecule has 0 aliphatic rings. The van der Waals surface area contributed by atoms with Crippen LogP contribution in [0.5, 0.6) is 0 Å². The predicted molar refractivity (Wildman–Crippen MR) is 93.3 cm³/mol. The lowest BCUT2D eigenvalue weighted by molar-refractivity contribution is 0.800. The summed E-state index contributed by atoms with van der Waals surface area (Å²) in [6.45, 7) is 2.04. The Morgan fingerprint density at radius 2 is 1.79 bits per heavy atom. The standard InChI is InChI=1S/C17H15N7/c1-11-6-8-12(9-7-11)21-16-15(18)17(20-10-19-16)24-14-5-3-2-4-13(14)22-23-24/h2-10H,18H2,1H3,(H,19,20,21). The van der Waals surface area contributed by atoms with Crippen LogP contribution in [0.3, 0.4) is 0 Å². The van der Waals surface area contributed by atoms with E-state index in [1.54, 1.807) is 4.68 Å². The van der Waals surface area contributed by atoms with Gasteiger partial charge in [-0.15, -0.1) is 5.10 Å². The summed E-state index contributed by atoms with van der Waals surface area (Å²) >= 11 is 0. The Balaban J connectivity index is 1.77. The Kier molecular flexibility index (Phi) is 3.31. The first-order valence-electron chi connectivity index (χ1n) is 7.47. The first kappa shape index (κ1) is 14.1. The molecule has 118 valence electrons. The van der Waals surface area contributed by atoms with Gasteiger partial charge in [-0.05, 0) is 31.2 Å². The molecule has 0 aliphatic heterocycles. The molecular weight excluding hydrogens is 302 g/mol. The Bertz CT molecular complexity index is 1010. The third-order valence-corrected chi connectivity index (χ3v) is 3.73. The maximum atomic E-state index is 6.27. The van der Waals surface area contributed by atoms with Gasteiger partial charge in [-0.1, -0.05) is 35.0 Å². The second-order valence-electron chi connectivity index (χ2n) is 5.44. The highest BCUT2D eigenvalue weighted by molar-refractivity contribution is 5.80. The van der Waals surface area contributed by atoms with Crippen LogP contribution in [0.4, 0.5) is 17.2 Å². The summed E-state index contributed by atoms with van der Waals surface area (Å²) in [7, 11) is 0. The van der Waals surface area contributed by atoms with E-state index in [4.69, 9.17) is 5.73 Å². The van der Waals surface area contributed by atoms with Gasteiger partial charge in [-0.25, -0.2) is 9.97 Å². The zero-order chi connectivity index (χ0) is 16.5. The molecule has 24 heavy (non-hydrogen) atoms. The molecule has 0 saturated carbocycles. The second kappa shape index (κ2) is 5.62. The number of nitrogens with two attached hydrogens (primary N) is 1. The van der Waals surface area contributed by atoms with Crippen molar-refractivity contribution in [2.45, 2.75) is 6.92 Å². The van der Waals surface area contributed by atoms with E-state index in [1.165, 1.54) is 11.9 Å². The van der Waals surface area contributed by atoms with Gasteiger partial charge >= 0.3 is 0 Å². The van der Waals surface area contributed by atoms with Crippen molar-refractivity contribution in [1.29, 1.82) is 0 Å². The first-order valence-corrected chi connectivity index (χ1v) is 7.47. The van der Waals surface area contributed by atoms with Crippen molar-refractivity contribution >= 4 is 28.2 Å². The number of para-hydroxylation sites is 1. The van der Waals surface area contributed by atoms with Gasteiger partial charge in [-0.3, -0.25) is 0 Å².